The van der Waals surface area contributed by atoms with Gasteiger partial charge in [0.25, 0.3) is 0 Å². The fourth-order valence-corrected chi connectivity index (χ4v) is 4.10. The molecular weight excluding hydrogens is 262 g/mol. The Labute approximate surface area is 129 Å². The normalized spacial score (nSPS) is 32.3. The van der Waals surface area contributed by atoms with Crippen molar-refractivity contribution in [3.05, 3.63) is 0 Å². The van der Waals surface area contributed by atoms with Gasteiger partial charge in [0.15, 0.2) is 0 Å². The number of hydrogen-bond donors (Lipinski definition) is 2. The van der Waals surface area contributed by atoms with Gasteiger partial charge in [-0.2, -0.15) is 0 Å². The summed E-state index contributed by atoms with van der Waals surface area (Å²) < 4.78 is 0. The van der Waals surface area contributed by atoms with Crippen LogP contribution in [-0.2, 0) is 4.79 Å². The topological polar surface area (TPSA) is 44.4 Å². The molecule has 1 aliphatic carbocycles. The smallest absolute Gasteiger partial charge is 0.220 e. The van der Waals surface area contributed by atoms with Gasteiger partial charge < -0.3 is 10.6 Å². The summed E-state index contributed by atoms with van der Waals surface area (Å²) in [4.78, 5) is 14.4. The maximum absolute atomic E-state index is 11.7. The van der Waals surface area contributed by atoms with Gasteiger partial charge in [-0.25, -0.2) is 0 Å². The maximum atomic E-state index is 11.7. The third-order valence-corrected chi connectivity index (χ3v) is 5.33. The second-order valence-corrected chi connectivity index (χ2v) is 7.19. The molecule has 3 aliphatic rings. The van der Waals surface area contributed by atoms with Crippen LogP contribution in [0.5, 0.6) is 0 Å². The number of piperidine rings is 1. The van der Waals surface area contributed by atoms with Crippen LogP contribution in [-0.4, -0.2) is 48.1 Å². The number of carbonyl (C=O) groups excluding carboxylic acids is 1. The van der Waals surface area contributed by atoms with Crippen molar-refractivity contribution in [2.45, 2.75) is 88.9 Å². The highest BCUT2D eigenvalue weighted by molar-refractivity contribution is 5.76. The fourth-order valence-electron chi connectivity index (χ4n) is 4.10. The van der Waals surface area contributed by atoms with Crippen LogP contribution < -0.4 is 10.6 Å². The number of rotatable bonds is 8. The minimum absolute atomic E-state index is 0.268. The molecule has 0 radical (unpaired) electrons. The Balaban J connectivity index is 1.37. The van der Waals surface area contributed by atoms with E-state index in [2.05, 4.69) is 22.5 Å². The summed E-state index contributed by atoms with van der Waals surface area (Å²) in [6.45, 7) is 4.52. The van der Waals surface area contributed by atoms with Crippen molar-refractivity contribution in [2.75, 3.05) is 13.1 Å². The lowest BCUT2D eigenvalue weighted by atomic mass is 9.97. The van der Waals surface area contributed by atoms with Crippen LogP contribution in [0, 0.1) is 0 Å². The van der Waals surface area contributed by atoms with Gasteiger partial charge in [0.2, 0.25) is 5.91 Å². The zero-order valence-corrected chi connectivity index (χ0v) is 13.4. The van der Waals surface area contributed by atoms with Gasteiger partial charge in [-0.15, -0.1) is 0 Å². The molecule has 0 aromatic heterocycles. The predicted octanol–water partition coefficient (Wildman–Crippen LogP) is 2.04. The average molecular weight is 293 g/mol. The first-order chi connectivity index (χ1) is 10.3. The summed E-state index contributed by atoms with van der Waals surface area (Å²) in [5, 5.41) is 6.80. The molecule has 3 fully saturated rings. The van der Waals surface area contributed by atoms with Gasteiger partial charge >= 0.3 is 0 Å². The van der Waals surface area contributed by atoms with E-state index in [1.165, 1.54) is 44.9 Å². The van der Waals surface area contributed by atoms with Gasteiger partial charge in [0.05, 0.1) is 0 Å². The molecule has 0 aromatic rings. The molecule has 120 valence electrons. The highest BCUT2D eigenvalue weighted by Crippen LogP contribution is 2.35. The quantitative estimate of drug-likeness (QED) is 0.720. The Morgan fingerprint density at radius 2 is 1.81 bits per heavy atom. The van der Waals surface area contributed by atoms with E-state index in [0.29, 0.717) is 12.5 Å². The minimum Gasteiger partial charge on any atom is -0.353 e. The average Bonchev–Trinajstić information content (AvgIpc) is 3.24. The standard InChI is InChI=1S/C17H31N3O/c1-2-9-18-14-11-15-7-8-16(12-14)20(15)10-3-4-17(21)19-13-5-6-13/h13-16,18H,2-12H2,1H3,(H,19,21). The minimum atomic E-state index is 0.268. The molecule has 2 heterocycles. The maximum Gasteiger partial charge on any atom is 0.220 e. The van der Waals surface area contributed by atoms with Gasteiger partial charge in [-0.3, -0.25) is 9.69 Å². The molecule has 2 saturated heterocycles. The number of nitrogens with one attached hydrogen (secondary N) is 2. The van der Waals surface area contributed by atoms with E-state index >= 15 is 0 Å². The van der Waals surface area contributed by atoms with Gasteiger partial charge in [-0.1, -0.05) is 6.92 Å². The van der Waals surface area contributed by atoms with Crippen molar-refractivity contribution >= 4 is 5.91 Å². The SMILES string of the molecule is CCCNC1CC2CCC(C1)N2CCCC(=O)NC1CC1. The molecule has 2 bridgehead atoms. The van der Waals surface area contributed by atoms with Crippen LogP contribution in [0.25, 0.3) is 0 Å². The van der Waals surface area contributed by atoms with Crippen molar-refractivity contribution in [1.82, 2.24) is 15.5 Å². The Hall–Kier alpha value is -0.610. The van der Waals surface area contributed by atoms with Crippen LogP contribution in [0.3, 0.4) is 0 Å². The van der Waals surface area contributed by atoms with E-state index in [4.69, 9.17) is 0 Å². The number of amides is 1. The summed E-state index contributed by atoms with van der Waals surface area (Å²) in [6.07, 6.45) is 10.7. The predicted molar refractivity (Wildman–Crippen MR) is 85.2 cm³/mol. The summed E-state index contributed by atoms with van der Waals surface area (Å²) in [6, 6.07) is 2.78. The van der Waals surface area contributed by atoms with Crippen LogP contribution in [0.2, 0.25) is 0 Å². The first-order valence-corrected chi connectivity index (χ1v) is 9.04. The van der Waals surface area contributed by atoms with Crippen molar-refractivity contribution < 1.29 is 4.79 Å². The summed E-state index contributed by atoms with van der Waals surface area (Å²) in [5.74, 6) is 0.268. The Morgan fingerprint density at radius 1 is 1.10 bits per heavy atom. The molecule has 2 atom stereocenters. The van der Waals surface area contributed by atoms with Crippen LogP contribution in [0.15, 0.2) is 0 Å². The number of fused-ring (bicyclic) bond motifs is 2. The van der Waals surface area contributed by atoms with Crippen molar-refractivity contribution in [1.29, 1.82) is 0 Å². The lowest BCUT2D eigenvalue weighted by Crippen LogP contribution is -2.49. The van der Waals surface area contributed by atoms with Crippen LogP contribution >= 0.6 is 0 Å². The van der Waals surface area contributed by atoms with E-state index < -0.39 is 0 Å². The molecule has 3 rings (SSSR count). The Bertz CT molecular complexity index is 342. The van der Waals surface area contributed by atoms with E-state index in [9.17, 15) is 4.79 Å². The highest BCUT2D eigenvalue weighted by atomic mass is 16.1. The third kappa shape index (κ3) is 4.19. The summed E-state index contributed by atoms with van der Waals surface area (Å²) in [7, 11) is 0. The monoisotopic (exact) mass is 293 g/mol. The zero-order valence-electron chi connectivity index (χ0n) is 13.4. The highest BCUT2D eigenvalue weighted by Gasteiger charge is 2.39. The number of carbonyl (C=O) groups is 1. The second kappa shape index (κ2) is 7.10. The third-order valence-electron chi connectivity index (χ3n) is 5.33. The molecule has 1 amide bonds. The summed E-state index contributed by atoms with van der Waals surface area (Å²) in [5.41, 5.74) is 0. The number of hydrogen-bond acceptors (Lipinski definition) is 3. The van der Waals surface area contributed by atoms with E-state index in [1.54, 1.807) is 0 Å². The first kappa shape index (κ1) is 15.3. The molecule has 0 aromatic carbocycles. The van der Waals surface area contributed by atoms with Crippen LogP contribution in [0.4, 0.5) is 0 Å². The van der Waals surface area contributed by atoms with Crippen molar-refractivity contribution in [3.8, 4) is 0 Å². The lowest BCUT2D eigenvalue weighted by Gasteiger charge is -2.39. The van der Waals surface area contributed by atoms with Crippen molar-refractivity contribution in [3.63, 3.8) is 0 Å². The van der Waals surface area contributed by atoms with Gasteiger partial charge in [0, 0.05) is 30.6 Å². The molecule has 2 unspecified atom stereocenters. The summed E-state index contributed by atoms with van der Waals surface area (Å²) >= 11 is 0. The van der Waals surface area contributed by atoms with E-state index in [-0.39, 0.29) is 5.91 Å². The molecule has 21 heavy (non-hydrogen) atoms. The Morgan fingerprint density at radius 3 is 2.43 bits per heavy atom. The van der Waals surface area contributed by atoms with Gasteiger partial charge in [-0.05, 0) is 64.5 Å². The molecule has 2 N–H and O–H groups in total. The molecule has 4 heteroatoms. The molecule has 4 nitrogen and oxygen atoms in total. The van der Waals surface area contributed by atoms with Crippen LogP contribution in [0.1, 0.15) is 64.7 Å². The zero-order chi connectivity index (χ0) is 14.7. The lowest BCUT2D eigenvalue weighted by molar-refractivity contribution is -0.121. The van der Waals surface area contributed by atoms with E-state index in [0.717, 1.165) is 37.6 Å². The first-order valence-electron chi connectivity index (χ1n) is 9.04. The van der Waals surface area contributed by atoms with Crippen molar-refractivity contribution in [2.24, 2.45) is 0 Å². The molecule has 0 spiro atoms. The second-order valence-electron chi connectivity index (χ2n) is 7.19. The van der Waals surface area contributed by atoms with E-state index in [1.807, 2.05) is 0 Å². The Kier molecular flexibility index (Phi) is 5.17. The molecule has 2 aliphatic heterocycles. The number of nitrogens with zero attached hydrogens (tertiary/aromatic N) is 1. The van der Waals surface area contributed by atoms with Gasteiger partial charge in [0.1, 0.15) is 0 Å². The largest absolute Gasteiger partial charge is 0.353 e. The molecule has 1 saturated carbocycles. The molecular formula is C17H31N3O. The fraction of sp³-hybridized carbons (Fsp3) is 0.941.